The van der Waals surface area contributed by atoms with E-state index in [-0.39, 0.29) is 0 Å². The second kappa shape index (κ2) is 5.21. The van der Waals surface area contributed by atoms with Gasteiger partial charge >= 0.3 is 0 Å². The molecule has 0 amide bonds. The van der Waals surface area contributed by atoms with Gasteiger partial charge in [-0.3, -0.25) is 0 Å². The minimum Gasteiger partial charge on any atom is -0.378 e. The van der Waals surface area contributed by atoms with Crippen molar-refractivity contribution in [3.63, 3.8) is 0 Å². The Labute approximate surface area is 107 Å². The summed E-state index contributed by atoms with van der Waals surface area (Å²) in [6.45, 7) is 1.56. The highest BCUT2D eigenvalue weighted by Gasteiger charge is 2.16. The highest BCUT2D eigenvalue weighted by atomic mass is 32.2. The van der Waals surface area contributed by atoms with Crippen LogP contribution in [0.2, 0.25) is 0 Å². The zero-order chi connectivity index (χ0) is 13.9. The van der Waals surface area contributed by atoms with Crippen molar-refractivity contribution in [3.05, 3.63) is 34.7 Å². The molecule has 5 nitrogen and oxygen atoms in total. The summed E-state index contributed by atoms with van der Waals surface area (Å²) in [6.07, 6.45) is 0. The predicted octanol–water partition coefficient (Wildman–Crippen LogP) is 1.30. The Morgan fingerprint density at radius 3 is 2.11 bits per heavy atom. The molecular formula is C12H15N3O2S. The van der Waals surface area contributed by atoms with Crippen LogP contribution in [0.4, 0.5) is 5.69 Å². The number of nitrogens with zero attached hydrogens (tertiary/aromatic N) is 2. The summed E-state index contributed by atoms with van der Waals surface area (Å²) < 4.78 is 22.5. The number of nitriles is 1. The number of sulfonamides is 1. The van der Waals surface area contributed by atoms with Gasteiger partial charge in [0.05, 0.1) is 0 Å². The van der Waals surface area contributed by atoms with E-state index in [0.29, 0.717) is 11.1 Å². The summed E-state index contributed by atoms with van der Waals surface area (Å²) in [5.41, 5.74) is 2.00. The standard InChI is InChI=1S/C12H15N3O2S/c1-9(12(8-13)18(14,16)17)10-4-6-11(7-5-10)15(2)3/h4-7H,1-3H3,(H2,14,16,17). The van der Waals surface area contributed by atoms with Gasteiger partial charge in [0.1, 0.15) is 6.07 Å². The number of hydrogen-bond donors (Lipinski definition) is 1. The number of hydrogen-bond acceptors (Lipinski definition) is 4. The third kappa shape index (κ3) is 3.09. The molecule has 6 heteroatoms. The summed E-state index contributed by atoms with van der Waals surface area (Å²) in [4.78, 5) is 1.52. The molecule has 0 bridgehead atoms. The minimum absolute atomic E-state index is 0.352. The Balaban J connectivity index is 3.31. The maximum Gasteiger partial charge on any atom is 0.248 e. The highest BCUT2D eigenvalue weighted by Crippen LogP contribution is 2.22. The molecule has 0 fully saturated rings. The van der Waals surface area contributed by atoms with Crippen LogP contribution < -0.4 is 10.0 Å². The Kier molecular flexibility index (Phi) is 4.11. The molecular weight excluding hydrogens is 250 g/mol. The Bertz CT molecular complexity index is 608. The summed E-state index contributed by atoms with van der Waals surface area (Å²) in [6, 6.07) is 8.84. The topological polar surface area (TPSA) is 87.2 Å². The van der Waals surface area contributed by atoms with Crippen molar-refractivity contribution >= 4 is 21.3 Å². The first-order chi connectivity index (χ1) is 8.27. The van der Waals surface area contributed by atoms with Gasteiger partial charge < -0.3 is 4.90 Å². The van der Waals surface area contributed by atoms with Crippen molar-refractivity contribution in [2.75, 3.05) is 19.0 Å². The molecule has 0 aliphatic rings. The van der Waals surface area contributed by atoms with E-state index in [1.165, 1.54) is 0 Å². The number of anilines is 1. The molecule has 0 atom stereocenters. The zero-order valence-corrected chi connectivity index (χ0v) is 11.3. The zero-order valence-electron chi connectivity index (χ0n) is 10.5. The van der Waals surface area contributed by atoms with Gasteiger partial charge in [-0.05, 0) is 30.2 Å². The fourth-order valence-corrected chi connectivity index (χ4v) is 2.17. The molecule has 0 spiro atoms. The second-order valence-electron chi connectivity index (χ2n) is 4.05. The molecule has 0 radical (unpaired) electrons. The number of benzene rings is 1. The summed E-state index contributed by atoms with van der Waals surface area (Å²) in [5.74, 6) is 0. The van der Waals surface area contributed by atoms with E-state index < -0.39 is 14.9 Å². The van der Waals surface area contributed by atoms with Crippen LogP contribution in [-0.4, -0.2) is 22.5 Å². The van der Waals surface area contributed by atoms with E-state index in [1.807, 2.05) is 31.1 Å². The van der Waals surface area contributed by atoms with Gasteiger partial charge in [0.15, 0.2) is 4.91 Å². The lowest BCUT2D eigenvalue weighted by atomic mass is 10.1. The van der Waals surface area contributed by atoms with E-state index in [1.54, 1.807) is 25.1 Å². The number of allylic oxidation sites excluding steroid dienone is 2. The lowest BCUT2D eigenvalue weighted by molar-refractivity contribution is 0.605. The summed E-state index contributed by atoms with van der Waals surface area (Å²) in [5, 5.41) is 13.9. The fraction of sp³-hybridized carbons (Fsp3) is 0.250. The average molecular weight is 265 g/mol. The smallest absolute Gasteiger partial charge is 0.248 e. The Hall–Kier alpha value is -1.84. The Morgan fingerprint density at radius 2 is 1.78 bits per heavy atom. The number of nitrogens with two attached hydrogens (primary N) is 1. The Morgan fingerprint density at radius 1 is 1.28 bits per heavy atom. The molecule has 0 aliphatic heterocycles. The van der Waals surface area contributed by atoms with Gasteiger partial charge in [0.2, 0.25) is 10.0 Å². The van der Waals surface area contributed by atoms with Crippen molar-refractivity contribution in [3.8, 4) is 6.07 Å². The molecule has 0 unspecified atom stereocenters. The van der Waals surface area contributed by atoms with Gasteiger partial charge in [0, 0.05) is 19.8 Å². The number of rotatable bonds is 3. The van der Waals surface area contributed by atoms with Crippen LogP contribution >= 0.6 is 0 Å². The van der Waals surface area contributed by atoms with Crippen LogP contribution in [0, 0.1) is 11.3 Å². The fourth-order valence-electron chi connectivity index (χ4n) is 1.50. The summed E-state index contributed by atoms with van der Waals surface area (Å²) >= 11 is 0. The molecule has 0 saturated carbocycles. The molecule has 2 N–H and O–H groups in total. The maximum absolute atomic E-state index is 11.2. The third-order valence-electron chi connectivity index (χ3n) is 2.54. The van der Waals surface area contributed by atoms with Gasteiger partial charge in [-0.25, -0.2) is 13.6 Å². The van der Waals surface area contributed by atoms with E-state index >= 15 is 0 Å². The predicted molar refractivity (Wildman–Crippen MR) is 72.1 cm³/mol. The molecule has 1 rings (SSSR count). The first-order valence-corrected chi connectivity index (χ1v) is 6.73. The molecule has 18 heavy (non-hydrogen) atoms. The van der Waals surface area contributed by atoms with Crippen molar-refractivity contribution in [2.24, 2.45) is 5.14 Å². The molecule has 0 heterocycles. The maximum atomic E-state index is 11.2. The second-order valence-corrected chi connectivity index (χ2v) is 5.55. The SMILES string of the molecule is CC(=C(C#N)S(N)(=O)=O)c1ccc(N(C)C)cc1. The van der Waals surface area contributed by atoms with Crippen LogP contribution in [-0.2, 0) is 10.0 Å². The van der Waals surface area contributed by atoms with E-state index in [2.05, 4.69) is 0 Å². The summed E-state index contributed by atoms with van der Waals surface area (Å²) in [7, 11) is -0.170. The average Bonchev–Trinajstić information content (AvgIpc) is 2.28. The first-order valence-electron chi connectivity index (χ1n) is 5.19. The molecule has 0 aliphatic carbocycles. The molecule has 1 aromatic rings. The van der Waals surface area contributed by atoms with Crippen molar-refractivity contribution < 1.29 is 8.42 Å². The van der Waals surface area contributed by atoms with Crippen molar-refractivity contribution in [1.29, 1.82) is 5.26 Å². The van der Waals surface area contributed by atoms with Crippen LogP contribution in [0.5, 0.6) is 0 Å². The molecule has 0 aromatic heterocycles. The van der Waals surface area contributed by atoms with E-state index in [4.69, 9.17) is 10.4 Å². The van der Waals surface area contributed by atoms with Gasteiger partial charge in [-0.15, -0.1) is 0 Å². The first kappa shape index (κ1) is 14.2. The van der Waals surface area contributed by atoms with Gasteiger partial charge in [0.25, 0.3) is 0 Å². The van der Waals surface area contributed by atoms with Gasteiger partial charge in [-0.1, -0.05) is 12.1 Å². The van der Waals surface area contributed by atoms with Crippen LogP contribution in [0.1, 0.15) is 12.5 Å². The lowest BCUT2D eigenvalue weighted by Gasteiger charge is -2.13. The molecule has 96 valence electrons. The minimum atomic E-state index is -3.98. The number of primary sulfonamides is 1. The molecule has 0 saturated heterocycles. The van der Waals surface area contributed by atoms with E-state index in [0.717, 1.165) is 5.69 Å². The monoisotopic (exact) mass is 265 g/mol. The van der Waals surface area contributed by atoms with Crippen LogP contribution in [0.3, 0.4) is 0 Å². The third-order valence-corrected chi connectivity index (χ3v) is 3.51. The van der Waals surface area contributed by atoms with Crippen molar-refractivity contribution in [2.45, 2.75) is 6.92 Å². The highest BCUT2D eigenvalue weighted by molar-refractivity contribution is 7.93. The van der Waals surface area contributed by atoms with Crippen LogP contribution in [0.25, 0.3) is 5.57 Å². The normalized spacial score (nSPS) is 12.6. The quantitative estimate of drug-likeness (QED) is 0.834. The largest absolute Gasteiger partial charge is 0.378 e. The van der Waals surface area contributed by atoms with Crippen molar-refractivity contribution in [1.82, 2.24) is 0 Å². The lowest BCUT2D eigenvalue weighted by Crippen LogP contribution is -2.15. The van der Waals surface area contributed by atoms with E-state index in [9.17, 15) is 8.42 Å². The molecule has 1 aromatic carbocycles. The van der Waals surface area contributed by atoms with Crippen LogP contribution in [0.15, 0.2) is 29.2 Å². The van der Waals surface area contributed by atoms with Gasteiger partial charge in [-0.2, -0.15) is 5.26 Å².